The fourth-order valence-electron chi connectivity index (χ4n) is 2.44. The molecular formula is C10H17N3O2. The van der Waals surface area contributed by atoms with Crippen molar-refractivity contribution < 1.29 is 9.90 Å². The van der Waals surface area contributed by atoms with Crippen molar-refractivity contribution in [3.05, 3.63) is 0 Å². The lowest BCUT2D eigenvalue weighted by molar-refractivity contribution is -0.146. The lowest BCUT2D eigenvalue weighted by Crippen LogP contribution is -2.51. The van der Waals surface area contributed by atoms with Crippen LogP contribution in [0.3, 0.4) is 0 Å². The van der Waals surface area contributed by atoms with E-state index in [1.807, 2.05) is 11.9 Å². The molecular weight excluding hydrogens is 194 g/mol. The summed E-state index contributed by atoms with van der Waals surface area (Å²) >= 11 is 0. The molecule has 0 atom stereocenters. The minimum Gasteiger partial charge on any atom is -0.480 e. The maximum absolute atomic E-state index is 11.5. The molecule has 2 heterocycles. The fourth-order valence-corrected chi connectivity index (χ4v) is 2.44. The number of hydrogen-bond donors (Lipinski definition) is 2. The highest BCUT2D eigenvalue weighted by atomic mass is 16.4. The molecule has 0 aromatic rings. The molecule has 2 rings (SSSR count). The van der Waals surface area contributed by atoms with Crippen LogP contribution in [0, 0.1) is 5.41 Å². The molecule has 0 saturated carbocycles. The molecule has 0 bridgehead atoms. The lowest BCUT2D eigenvalue weighted by Gasteiger charge is -2.36. The van der Waals surface area contributed by atoms with Crippen molar-refractivity contribution in [3.8, 4) is 0 Å². The molecule has 2 aliphatic rings. The van der Waals surface area contributed by atoms with Crippen molar-refractivity contribution in [1.29, 1.82) is 0 Å². The van der Waals surface area contributed by atoms with Crippen LogP contribution in [0.25, 0.3) is 0 Å². The molecule has 0 unspecified atom stereocenters. The maximum atomic E-state index is 11.5. The highest BCUT2D eigenvalue weighted by Crippen LogP contribution is 2.33. The Hall–Kier alpha value is -1.10. The van der Waals surface area contributed by atoms with Gasteiger partial charge in [-0.05, 0) is 25.9 Å². The van der Waals surface area contributed by atoms with E-state index in [-0.39, 0.29) is 0 Å². The summed E-state index contributed by atoms with van der Waals surface area (Å²) in [6, 6.07) is 0. The molecule has 0 aromatic heterocycles. The van der Waals surface area contributed by atoms with Crippen LogP contribution in [0.15, 0.2) is 4.99 Å². The van der Waals surface area contributed by atoms with Gasteiger partial charge in [-0.15, -0.1) is 0 Å². The Morgan fingerprint density at radius 2 is 2.20 bits per heavy atom. The van der Waals surface area contributed by atoms with Gasteiger partial charge in [0.1, 0.15) is 11.3 Å². The molecule has 1 saturated heterocycles. The quantitative estimate of drug-likeness (QED) is 0.663. The number of rotatable bonds is 2. The van der Waals surface area contributed by atoms with Gasteiger partial charge >= 0.3 is 5.97 Å². The van der Waals surface area contributed by atoms with Crippen LogP contribution >= 0.6 is 0 Å². The van der Waals surface area contributed by atoms with Gasteiger partial charge in [-0.1, -0.05) is 0 Å². The Bertz CT molecular complexity index is 295. The smallest absolute Gasteiger partial charge is 0.317 e. The molecule has 84 valence electrons. The first-order valence-electron chi connectivity index (χ1n) is 5.37. The highest BCUT2D eigenvalue weighted by Gasteiger charge is 2.47. The van der Waals surface area contributed by atoms with Crippen molar-refractivity contribution in [3.63, 3.8) is 0 Å². The Kier molecular flexibility index (Phi) is 2.65. The molecule has 0 aromatic carbocycles. The number of aliphatic imine (C=N–C) groups is 1. The zero-order chi connectivity index (χ0) is 10.9. The first-order valence-corrected chi connectivity index (χ1v) is 5.37. The van der Waals surface area contributed by atoms with E-state index < -0.39 is 11.4 Å². The average molecular weight is 211 g/mol. The minimum absolute atomic E-state index is 0.644. The third kappa shape index (κ3) is 1.61. The summed E-state index contributed by atoms with van der Waals surface area (Å²) in [6.07, 6.45) is 1.29. The first kappa shape index (κ1) is 10.4. The first-order chi connectivity index (χ1) is 7.17. The van der Waals surface area contributed by atoms with Gasteiger partial charge < -0.3 is 15.3 Å². The van der Waals surface area contributed by atoms with Crippen molar-refractivity contribution in [2.75, 3.05) is 33.2 Å². The Morgan fingerprint density at radius 3 is 2.67 bits per heavy atom. The van der Waals surface area contributed by atoms with Gasteiger partial charge in [0.05, 0.1) is 6.54 Å². The molecule has 2 aliphatic heterocycles. The van der Waals surface area contributed by atoms with Crippen LogP contribution in [0.2, 0.25) is 0 Å². The highest BCUT2D eigenvalue weighted by molar-refractivity contribution is 6.05. The number of aliphatic carboxylic acids is 1. The summed E-state index contributed by atoms with van der Waals surface area (Å²) in [7, 11) is 1.93. The van der Waals surface area contributed by atoms with Crippen LogP contribution < -0.4 is 5.32 Å². The monoisotopic (exact) mass is 211 g/mol. The number of carboxylic acids is 1. The predicted octanol–water partition coefficient (Wildman–Crippen LogP) is -0.215. The van der Waals surface area contributed by atoms with Crippen molar-refractivity contribution in [2.45, 2.75) is 12.8 Å². The summed E-state index contributed by atoms with van der Waals surface area (Å²) in [6.45, 7) is 3.10. The van der Waals surface area contributed by atoms with Gasteiger partial charge in [0, 0.05) is 13.6 Å². The summed E-state index contributed by atoms with van der Waals surface area (Å²) < 4.78 is 0. The van der Waals surface area contributed by atoms with Crippen molar-refractivity contribution >= 4 is 11.8 Å². The second-order valence-corrected chi connectivity index (χ2v) is 4.26. The topological polar surface area (TPSA) is 64.9 Å². The third-order valence-electron chi connectivity index (χ3n) is 3.35. The molecule has 0 amide bonds. The molecule has 5 heteroatoms. The van der Waals surface area contributed by atoms with Crippen molar-refractivity contribution in [1.82, 2.24) is 10.2 Å². The average Bonchev–Trinajstić information content (AvgIpc) is 2.66. The number of likely N-dealkylation sites (N-methyl/N-ethyl adjacent to an activating group) is 1. The molecule has 2 N–H and O–H groups in total. The van der Waals surface area contributed by atoms with E-state index in [4.69, 9.17) is 0 Å². The normalized spacial score (nSPS) is 25.1. The van der Waals surface area contributed by atoms with E-state index in [0.717, 1.165) is 32.0 Å². The number of nitrogens with zero attached hydrogens (tertiary/aromatic N) is 2. The van der Waals surface area contributed by atoms with Gasteiger partial charge in [-0.25, -0.2) is 0 Å². The number of piperidine rings is 1. The third-order valence-corrected chi connectivity index (χ3v) is 3.35. The van der Waals surface area contributed by atoms with Crippen LogP contribution in [0.5, 0.6) is 0 Å². The SMILES string of the molecule is CN1CCN=C1C1(C(=O)O)CCNCC1. The second-order valence-electron chi connectivity index (χ2n) is 4.26. The summed E-state index contributed by atoms with van der Waals surface area (Å²) in [5, 5.41) is 12.6. The molecule has 1 fully saturated rings. The number of carboxylic acid groups (broad SMARTS) is 1. The summed E-state index contributed by atoms with van der Waals surface area (Å²) in [5.41, 5.74) is -0.740. The lowest BCUT2D eigenvalue weighted by atomic mass is 9.77. The van der Waals surface area contributed by atoms with Crippen LogP contribution in [-0.4, -0.2) is 55.0 Å². The second kappa shape index (κ2) is 3.81. The van der Waals surface area contributed by atoms with E-state index in [9.17, 15) is 9.90 Å². The van der Waals surface area contributed by atoms with Crippen LogP contribution in [0.4, 0.5) is 0 Å². The van der Waals surface area contributed by atoms with E-state index in [0.29, 0.717) is 12.8 Å². The number of carbonyl (C=O) groups is 1. The molecule has 0 spiro atoms. The fraction of sp³-hybridized carbons (Fsp3) is 0.800. The Labute approximate surface area is 89.2 Å². The van der Waals surface area contributed by atoms with Gasteiger partial charge in [0.25, 0.3) is 0 Å². The zero-order valence-corrected chi connectivity index (χ0v) is 8.99. The van der Waals surface area contributed by atoms with Gasteiger partial charge in [0.2, 0.25) is 0 Å². The minimum atomic E-state index is -0.740. The van der Waals surface area contributed by atoms with Crippen LogP contribution in [-0.2, 0) is 4.79 Å². The van der Waals surface area contributed by atoms with E-state index >= 15 is 0 Å². The van der Waals surface area contributed by atoms with Gasteiger partial charge in [0.15, 0.2) is 0 Å². The molecule has 15 heavy (non-hydrogen) atoms. The van der Waals surface area contributed by atoms with Gasteiger partial charge in [-0.3, -0.25) is 9.79 Å². The predicted molar refractivity (Wildman–Crippen MR) is 57.1 cm³/mol. The van der Waals surface area contributed by atoms with E-state index in [1.165, 1.54) is 0 Å². The number of hydrogen-bond acceptors (Lipinski definition) is 4. The molecule has 0 aliphatic carbocycles. The summed E-state index contributed by atoms with van der Waals surface area (Å²) in [5.74, 6) is 0.0491. The van der Waals surface area contributed by atoms with Crippen LogP contribution in [0.1, 0.15) is 12.8 Å². The zero-order valence-electron chi connectivity index (χ0n) is 8.99. The Balaban J connectivity index is 2.29. The standard InChI is InChI=1S/C10H17N3O2/c1-13-7-6-12-8(13)10(9(14)15)2-4-11-5-3-10/h11H,2-7H2,1H3,(H,14,15). The Morgan fingerprint density at radius 1 is 1.53 bits per heavy atom. The number of nitrogens with one attached hydrogen (secondary N) is 1. The van der Waals surface area contributed by atoms with Crippen molar-refractivity contribution in [2.24, 2.45) is 10.4 Å². The van der Waals surface area contributed by atoms with Gasteiger partial charge in [-0.2, -0.15) is 0 Å². The molecule has 5 nitrogen and oxygen atoms in total. The maximum Gasteiger partial charge on any atom is 0.317 e. The summed E-state index contributed by atoms with van der Waals surface area (Å²) in [4.78, 5) is 17.8. The van der Waals surface area contributed by atoms with E-state index in [1.54, 1.807) is 0 Å². The molecule has 0 radical (unpaired) electrons. The van der Waals surface area contributed by atoms with E-state index in [2.05, 4.69) is 10.3 Å². The largest absolute Gasteiger partial charge is 0.480 e. The number of amidine groups is 1.